The summed E-state index contributed by atoms with van der Waals surface area (Å²) in [4.78, 5) is 4.23. The van der Waals surface area contributed by atoms with Gasteiger partial charge in [-0.2, -0.15) is 10.2 Å². The van der Waals surface area contributed by atoms with Crippen LogP contribution in [-0.2, 0) is 6.42 Å². The van der Waals surface area contributed by atoms with E-state index in [0.29, 0.717) is 24.3 Å². The maximum Gasteiger partial charge on any atom is 0.197 e. The van der Waals surface area contributed by atoms with E-state index in [-0.39, 0.29) is 0 Å². The first kappa shape index (κ1) is 8.38. The van der Waals surface area contributed by atoms with Crippen molar-refractivity contribution in [2.24, 2.45) is 27.1 Å². The van der Waals surface area contributed by atoms with Gasteiger partial charge in [0, 0.05) is 11.5 Å². The third-order valence-corrected chi connectivity index (χ3v) is 3.83. The second-order valence-electron chi connectivity index (χ2n) is 4.53. The Morgan fingerprint density at radius 2 is 2.38 bits per heavy atom. The summed E-state index contributed by atoms with van der Waals surface area (Å²) >= 11 is 0. The molecule has 4 rings (SSSR count). The molecule has 0 bridgehead atoms. The van der Waals surface area contributed by atoms with E-state index in [1.165, 1.54) is 11.3 Å². The zero-order valence-electron chi connectivity index (χ0n) is 8.72. The molecule has 16 heavy (non-hydrogen) atoms. The Bertz CT molecular complexity index is 539. The number of nitrogens with one attached hydrogen (secondary N) is 1. The number of H-pyrrole nitrogens is 1. The first-order chi connectivity index (χ1) is 7.90. The van der Waals surface area contributed by atoms with Crippen LogP contribution in [0.25, 0.3) is 0 Å². The summed E-state index contributed by atoms with van der Waals surface area (Å²) in [6.45, 7) is 4.32. The zero-order valence-corrected chi connectivity index (χ0v) is 8.72. The van der Waals surface area contributed by atoms with E-state index in [0.717, 1.165) is 18.0 Å². The van der Waals surface area contributed by atoms with Crippen LogP contribution in [0.1, 0.15) is 22.9 Å². The van der Waals surface area contributed by atoms with Crippen LogP contribution in [0.2, 0.25) is 0 Å². The van der Waals surface area contributed by atoms with Crippen molar-refractivity contribution in [2.75, 3.05) is 6.67 Å². The maximum atomic E-state index is 4.41. The van der Waals surface area contributed by atoms with Crippen molar-refractivity contribution in [3.05, 3.63) is 29.6 Å². The predicted octanol–water partition coefficient (Wildman–Crippen LogP) is 1.65. The second kappa shape index (κ2) is 2.66. The second-order valence-corrected chi connectivity index (χ2v) is 4.53. The Hall–Kier alpha value is -1.78. The minimum Gasteiger partial charge on any atom is -0.274 e. The average Bonchev–Trinajstić information content (AvgIpc) is 2.73. The number of aliphatic imine (C=N–C) groups is 1. The molecule has 2 heterocycles. The minimum atomic E-state index is 0.450. The van der Waals surface area contributed by atoms with Crippen molar-refractivity contribution in [1.82, 2.24) is 10.2 Å². The fraction of sp³-hybridized carbons (Fsp3) is 0.455. The van der Waals surface area contributed by atoms with Crippen LogP contribution in [0.5, 0.6) is 0 Å². The molecule has 1 N–H and O–H groups in total. The number of hydrogen-bond acceptors (Lipinski definition) is 4. The first-order valence-corrected chi connectivity index (χ1v) is 5.52. The molecular weight excluding hydrogens is 202 g/mol. The Morgan fingerprint density at radius 1 is 1.44 bits per heavy atom. The van der Waals surface area contributed by atoms with E-state index < -0.39 is 0 Å². The lowest BCUT2D eigenvalue weighted by Gasteiger charge is -1.99. The van der Waals surface area contributed by atoms with Gasteiger partial charge in [0.1, 0.15) is 5.69 Å². The number of allylic oxidation sites excluding steroid dienone is 1. The summed E-state index contributed by atoms with van der Waals surface area (Å²) in [7, 11) is 0. The van der Waals surface area contributed by atoms with Crippen molar-refractivity contribution in [1.29, 1.82) is 0 Å². The van der Waals surface area contributed by atoms with Crippen LogP contribution in [-0.4, -0.2) is 22.7 Å². The summed E-state index contributed by atoms with van der Waals surface area (Å²) < 4.78 is 0. The molecule has 0 radical (unpaired) electrons. The molecule has 1 aromatic rings. The summed E-state index contributed by atoms with van der Waals surface area (Å²) in [5, 5.41) is 15.3. The Labute approximate surface area is 92.4 Å². The summed E-state index contributed by atoms with van der Waals surface area (Å²) in [5.41, 5.74) is 3.48. The zero-order chi connectivity index (χ0) is 10.7. The minimum absolute atomic E-state index is 0.450. The molecule has 2 aliphatic carbocycles. The van der Waals surface area contributed by atoms with E-state index in [4.69, 9.17) is 0 Å². The van der Waals surface area contributed by atoms with E-state index in [1.807, 2.05) is 0 Å². The molecule has 0 saturated heterocycles. The SMILES string of the molecule is C=CC1C2Cc3c(n[nH]c3C3=NCN=N3)C12. The van der Waals surface area contributed by atoms with Gasteiger partial charge in [0.2, 0.25) is 0 Å². The smallest absolute Gasteiger partial charge is 0.197 e. The van der Waals surface area contributed by atoms with Gasteiger partial charge in [0.15, 0.2) is 12.5 Å². The topological polar surface area (TPSA) is 65.8 Å². The van der Waals surface area contributed by atoms with Gasteiger partial charge >= 0.3 is 0 Å². The van der Waals surface area contributed by atoms with Crippen LogP contribution >= 0.6 is 0 Å². The van der Waals surface area contributed by atoms with Crippen LogP contribution < -0.4 is 0 Å². The Morgan fingerprint density at radius 3 is 3.12 bits per heavy atom. The molecule has 0 spiro atoms. The number of aromatic amines is 1. The molecule has 80 valence electrons. The highest BCUT2D eigenvalue weighted by Crippen LogP contribution is 2.61. The molecule has 3 unspecified atom stereocenters. The number of amidine groups is 1. The van der Waals surface area contributed by atoms with Gasteiger partial charge in [-0.05, 0) is 18.3 Å². The molecule has 1 aromatic heterocycles. The maximum absolute atomic E-state index is 4.41. The number of hydrogen-bond donors (Lipinski definition) is 1. The first-order valence-electron chi connectivity index (χ1n) is 5.52. The van der Waals surface area contributed by atoms with E-state index in [2.05, 4.69) is 38.1 Å². The third-order valence-electron chi connectivity index (χ3n) is 3.83. The molecule has 5 nitrogen and oxygen atoms in total. The van der Waals surface area contributed by atoms with E-state index >= 15 is 0 Å². The quantitative estimate of drug-likeness (QED) is 0.746. The van der Waals surface area contributed by atoms with Gasteiger partial charge in [-0.3, -0.25) is 5.10 Å². The van der Waals surface area contributed by atoms with Crippen molar-refractivity contribution in [3.63, 3.8) is 0 Å². The molecule has 5 heteroatoms. The van der Waals surface area contributed by atoms with Crippen LogP contribution in [0.15, 0.2) is 27.9 Å². The highest BCUT2D eigenvalue weighted by atomic mass is 15.3. The van der Waals surface area contributed by atoms with Gasteiger partial charge in [-0.1, -0.05) is 6.08 Å². The highest BCUT2D eigenvalue weighted by Gasteiger charge is 2.56. The molecule has 0 amide bonds. The molecule has 3 atom stereocenters. The fourth-order valence-corrected chi connectivity index (χ4v) is 3.01. The van der Waals surface area contributed by atoms with Crippen LogP contribution in [0.4, 0.5) is 0 Å². The molecular formula is C11H11N5. The summed E-state index contributed by atoms with van der Waals surface area (Å²) in [6, 6.07) is 0. The van der Waals surface area contributed by atoms with Gasteiger partial charge < -0.3 is 0 Å². The number of aromatic nitrogens is 2. The lowest BCUT2D eigenvalue weighted by molar-refractivity contribution is 0.797. The number of rotatable bonds is 2. The standard InChI is InChI=1S/C11H11N5/c1-2-5-6-3-7-9(8(5)6)14-15-10(7)11-12-4-13-16-11/h2,5-6,8H,1,3-4H2,(H,14,15). The van der Waals surface area contributed by atoms with Crippen LogP contribution in [0.3, 0.4) is 0 Å². The lowest BCUT2D eigenvalue weighted by atomic mass is 10.1. The van der Waals surface area contributed by atoms with Crippen molar-refractivity contribution < 1.29 is 0 Å². The van der Waals surface area contributed by atoms with Crippen molar-refractivity contribution in [3.8, 4) is 0 Å². The van der Waals surface area contributed by atoms with Gasteiger partial charge in [0.25, 0.3) is 0 Å². The summed E-state index contributed by atoms with van der Waals surface area (Å²) in [6.07, 6.45) is 3.14. The largest absolute Gasteiger partial charge is 0.274 e. The normalized spacial score (nSPS) is 33.5. The lowest BCUT2D eigenvalue weighted by Crippen LogP contribution is -2.00. The predicted molar refractivity (Wildman–Crippen MR) is 58.5 cm³/mol. The van der Waals surface area contributed by atoms with Gasteiger partial charge in [-0.25, -0.2) is 4.99 Å². The van der Waals surface area contributed by atoms with Crippen molar-refractivity contribution >= 4 is 5.84 Å². The number of azo groups is 1. The van der Waals surface area contributed by atoms with Gasteiger partial charge in [0.05, 0.1) is 5.69 Å². The summed E-state index contributed by atoms with van der Waals surface area (Å²) in [5.74, 6) is 2.67. The molecule has 1 aliphatic heterocycles. The van der Waals surface area contributed by atoms with Gasteiger partial charge in [-0.15, -0.1) is 11.7 Å². The van der Waals surface area contributed by atoms with E-state index in [1.54, 1.807) is 0 Å². The Balaban J connectivity index is 1.76. The van der Waals surface area contributed by atoms with E-state index in [9.17, 15) is 0 Å². The number of fused-ring (bicyclic) bond motifs is 3. The third kappa shape index (κ3) is 0.863. The number of nitrogens with zero attached hydrogens (tertiary/aromatic N) is 4. The molecule has 1 saturated carbocycles. The monoisotopic (exact) mass is 213 g/mol. The molecule has 3 aliphatic rings. The highest BCUT2D eigenvalue weighted by molar-refractivity contribution is 5.99. The Kier molecular flexibility index (Phi) is 1.40. The average molecular weight is 213 g/mol. The van der Waals surface area contributed by atoms with Crippen molar-refractivity contribution in [2.45, 2.75) is 12.3 Å². The molecule has 1 fully saturated rings. The molecule has 0 aromatic carbocycles. The van der Waals surface area contributed by atoms with Crippen LogP contribution in [0, 0.1) is 11.8 Å². The fourth-order valence-electron chi connectivity index (χ4n) is 3.01.